The summed E-state index contributed by atoms with van der Waals surface area (Å²) in [5.74, 6) is -3.74. The number of hydrogen-bond acceptors (Lipinski definition) is 14. The first-order valence-electron chi connectivity index (χ1n) is 40.1. The Morgan fingerprint density at radius 2 is 0.455 bits per heavy atom. The average molecular weight is 1480 g/mol. The first-order chi connectivity index (χ1) is 48.6. The molecule has 0 radical (unpaired) electrons. The standard InChI is InChI=1S/2C42H70O7S.Ca/c2*1-3-5-7-9-11-13-15-17-19-21-23-25-27-29-31-36-48-41(43)38-34-33-35-39(50(45,46)47)40(38)42(44)49-37-32-30-28-26-24-22-20-18-16-14-12-10-8-6-4-2;/h2*25-28,33-35H,3-24,29-32,36-37H2,1-2H3,(H,45,46,47);/q;;+2/p-2/b2*27-25+,28-26+;. The fourth-order valence-electron chi connectivity index (χ4n) is 11.9. The van der Waals surface area contributed by atoms with E-state index in [2.05, 4.69) is 76.3 Å². The van der Waals surface area contributed by atoms with E-state index < -0.39 is 65.0 Å². The zero-order valence-corrected chi connectivity index (χ0v) is 67.8. The van der Waals surface area contributed by atoms with E-state index in [4.69, 9.17) is 18.9 Å². The van der Waals surface area contributed by atoms with Crippen molar-refractivity contribution in [3.05, 3.63) is 107 Å². The number of carbonyl (C=O) groups is 4. The van der Waals surface area contributed by atoms with E-state index in [1.54, 1.807) is 0 Å². The fourth-order valence-corrected chi connectivity index (χ4v) is 13.3. The van der Waals surface area contributed by atoms with Crippen molar-refractivity contribution in [1.29, 1.82) is 0 Å². The Morgan fingerprint density at radius 3 is 0.653 bits per heavy atom. The van der Waals surface area contributed by atoms with Gasteiger partial charge in [-0.2, -0.15) is 0 Å². The molecule has 0 N–H and O–H groups in total. The van der Waals surface area contributed by atoms with Gasteiger partial charge in [0.15, 0.2) is 0 Å². The average Bonchev–Trinajstić information content (AvgIpc) is 0.800. The van der Waals surface area contributed by atoms with Crippen LogP contribution in [0, 0.1) is 0 Å². The summed E-state index contributed by atoms with van der Waals surface area (Å²) >= 11 is 0. The molecule has 0 bridgehead atoms. The van der Waals surface area contributed by atoms with E-state index in [1.165, 1.54) is 268 Å². The van der Waals surface area contributed by atoms with Crippen LogP contribution in [0.4, 0.5) is 0 Å². The van der Waals surface area contributed by atoms with Gasteiger partial charge in [0.1, 0.15) is 20.2 Å². The molecule has 0 heterocycles. The summed E-state index contributed by atoms with van der Waals surface area (Å²) in [7, 11) is -10.1. The summed E-state index contributed by atoms with van der Waals surface area (Å²) in [5.41, 5.74) is -1.67. The molecule has 2 rings (SSSR count). The molecule has 14 nitrogen and oxygen atoms in total. The number of benzene rings is 2. The third kappa shape index (κ3) is 55.5. The molecule has 572 valence electrons. The number of rotatable bonds is 66. The molecule has 0 aliphatic carbocycles. The topological polar surface area (TPSA) is 220 Å². The van der Waals surface area contributed by atoms with Crippen molar-refractivity contribution < 1.29 is 64.1 Å². The Hall–Kier alpha value is -3.64. The smallest absolute Gasteiger partial charge is 0.744 e. The van der Waals surface area contributed by atoms with Crippen LogP contribution in [0.1, 0.15) is 403 Å². The van der Waals surface area contributed by atoms with Crippen molar-refractivity contribution in [3.63, 3.8) is 0 Å². The second-order valence-corrected chi connectivity index (χ2v) is 29.8. The molecule has 0 spiro atoms. The van der Waals surface area contributed by atoms with Crippen LogP contribution < -0.4 is 0 Å². The molecule has 0 fully saturated rings. The minimum atomic E-state index is -5.03. The molecule has 0 atom stereocenters. The maximum atomic E-state index is 12.9. The van der Waals surface area contributed by atoms with Gasteiger partial charge in [-0.15, -0.1) is 0 Å². The van der Waals surface area contributed by atoms with Gasteiger partial charge >= 0.3 is 61.6 Å². The van der Waals surface area contributed by atoms with Gasteiger partial charge in [-0.05, 0) is 127 Å². The molecule has 101 heavy (non-hydrogen) atoms. The van der Waals surface area contributed by atoms with Gasteiger partial charge in [-0.25, -0.2) is 36.0 Å². The van der Waals surface area contributed by atoms with Crippen molar-refractivity contribution >= 4 is 81.9 Å². The van der Waals surface area contributed by atoms with Gasteiger partial charge in [0, 0.05) is 0 Å². The van der Waals surface area contributed by atoms with E-state index >= 15 is 0 Å². The zero-order chi connectivity index (χ0) is 73.1. The van der Waals surface area contributed by atoms with Gasteiger partial charge in [0.25, 0.3) is 0 Å². The van der Waals surface area contributed by atoms with Crippen molar-refractivity contribution in [2.75, 3.05) is 26.4 Å². The molecular formula is C84H138CaO14S2. The molecule has 0 saturated carbocycles. The number of carbonyl (C=O) groups excluding carboxylic acids is 4. The second-order valence-electron chi connectivity index (χ2n) is 27.1. The Morgan fingerprint density at radius 1 is 0.277 bits per heavy atom. The van der Waals surface area contributed by atoms with E-state index in [1.807, 2.05) is 0 Å². The minimum absolute atomic E-state index is 0. The SMILES string of the molecule is CCCCCCCCCCCC/C=C/CCCOC(=O)c1cccc(S(=O)(=O)[O-])c1C(=O)OCCC/C=C/CCCCCCCCCCCC.CCCCCCCCCCCC/C=C/CCCOC(=O)c1cccc(S(=O)(=O)[O-])c1C(=O)OCCC/C=C/CCCCCCCCCCCC.[Ca+2]. The molecule has 0 aromatic heterocycles. The zero-order valence-electron chi connectivity index (χ0n) is 63.9. The molecule has 0 aliphatic heterocycles. The molecule has 0 saturated heterocycles. The third-order valence-electron chi connectivity index (χ3n) is 18.0. The number of allylic oxidation sites excluding steroid dienone is 8. The van der Waals surface area contributed by atoms with Gasteiger partial charge in [0.2, 0.25) is 0 Å². The maximum Gasteiger partial charge on any atom is 2.00 e. The molecule has 17 heteroatoms. The number of esters is 4. The van der Waals surface area contributed by atoms with Crippen LogP contribution >= 0.6 is 0 Å². The van der Waals surface area contributed by atoms with Crippen molar-refractivity contribution in [3.8, 4) is 0 Å². The number of unbranched alkanes of at least 4 members (excludes halogenated alkanes) is 44. The van der Waals surface area contributed by atoms with Gasteiger partial charge < -0.3 is 28.1 Å². The van der Waals surface area contributed by atoms with Crippen LogP contribution in [0.3, 0.4) is 0 Å². The third-order valence-corrected chi connectivity index (χ3v) is 19.8. The van der Waals surface area contributed by atoms with Gasteiger partial charge in [0.05, 0.1) is 58.5 Å². The van der Waals surface area contributed by atoms with Crippen molar-refractivity contribution in [2.45, 2.75) is 371 Å². The largest absolute Gasteiger partial charge is 2.00 e. The second kappa shape index (κ2) is 69.4. The van der Waals surface area contributed by atoms with Crippen molar-refractivity contribution in [1.82, 2.24) is 0 Å². The summed E-state index contributed by atoms with van der Waals surface area (Å²) in [4.78, 5) is 50.1. The van der Waals surface area contributed by atoms with Crippen LogP contribution in [0.15, 0.2) is 94.8 Å². The predicted molar refractivity (Wildman–Crippen MR) is 415 cm³/mol. The number of hydrogen-bond donors (Lipinski definition) is 0. The van der Waals surface area contributed by atoms with Gasteiger partial charge in [-0.1, -0.05) is 320 Å². The quantitative estimate of drug-likeness (QED) is 0.0150. The minimum Gasteiger partial charge on any atom is -0.744 e. The summed E-state index contributed by atoms with van der Waals surface area (Å²) in [6.07, 6.45) is 78.5. The Balaban J connectivity index is 0.00000196. The summed E-state index contributed by atoms with van der Waals surface area (Å²) in [5, 5.41) is 0. The van der Waals surface area contributed by atoms with Crippen LogP contribution in [0.5, 0.6) is 0 Å². The fraction of sp³-hybridized carbons (Fsp3) is 0.714. The normalized spacial score (nSPS) is 11.8. The predicted octanol–water partition coefficient (Wildman–Crippen LogP) is 24.0. The Labute approximate surface area is 645 Å². The van der Waals surface area contributed by atoms with Crippen LogP contribution in [-0.2, 0) is 39.2 Å². The van der Waals surface area contributed by atoms with E-state index in [0.717, 1.165) is 63.5 Å². The summed E-state index contributed by atoms with van der Waals surface area (Å²) in [6, 6.07) is 7.13. The van der Waals surface area contributed by atoms with E-state index in [0.29, 0.717) is 38.5 Å². The molecule has 0 unspecified atom stereocenters. The van der Waals surface area contributed by atoms with Crippen molar-refractivity contribution in [2.24, 2.45) is 0 Å². The van der Waals surface area contributed by atoms with E-state index in [9.17, 15) is 45.1 Å². The van der Waals surface area contributed by atoms with Crippen LogP contribution in [0.25, 0.3) is 0 Å². The first kappa shape index (κ1) is 97.4. The monoisotopic (exact) mass is 1470 g/mol. The van der Waals surface area contributed by atoms with Crippen LogP contribution in [0.2, 0.25) is 0 Å². The molecule has 0 amide bonds. The summed E-state index contributed by atoms with van der Waals surface area (Å²) in [6.45, 7) is 9.27. The van der Waals surface area contributed by atoms with E-state index in [-0.39, 0.29) is 75.3 Å². The number of ether oxygens (including phenoxy) is 4. The molecule has 2 aromatic rings. The molecule has 2 aromatic carbocycles. The summed E-state index contributed by atoms with van der Waals surface area (Å²) < 4.78 is 93.0. The molecule has 0 aliphatic rings. The first-order valence-corrected chi connectivity index (χ1v) is 42.9. The van der Waals surface area contributed by atoms with Crippen LogP contribution in [-0.4, -0.2) is 114 Å². The Bertz CT molecular complexity index is 2540. The maximum absolute atomic E-state index is 12.9. The molecular weight excluding hydrogens is 1340 g/mol. The Kier molecular flexibility index (Phi) is 66.9. The van der Waals surface area contributed by atoms with Gasteiger partial charge in [-0.3, -0.25) is 0 Å².